The Morgan fingerprint density at radius 2 is 2.00 bits per heavy atom. The average Bonchev–Trinajstić information content (AvgIpc) is 3.32. The third-order valence-electron chi connectivity index (χ3n) is 6.17. The first-order valence-electron chi connectivity index (χ1n) is 9.70. The van der Waals surface area contributed by atoms with E-state index in [-0.39, 0.29) is 18.1 Å². The van der Waals surface area contributed by atoms with E-state index in [9.17, 15) is 5.11 Å². The van der Waals surface area contributed by atoms with Crippen LogP contribution in [0.4, 0.5) is 5.82 Å². The lowest BCUT2D eigenvalue weighted by Crippen LogP contribution is -2.49. The van der Waals surface area contributed by atoms with Crippen LogP contribution in [0.3, 0.4) is 0 Å². The van der Waals surface area contributed by atoms with E-state index in [0.717, 1.165) is 49.6 Å². The number of hydrogen-bond acceptors (Lipinski definition) is 7. The summed E-state index contributed by atoms with van der Waals surface area (Å²) in [5.41, 5.74) is 9.97. The van der Waals surface area contributed by atoms with Crippen molar-refractivity contribution in [2.24, 2.45) is 11.1 Å². The number of anilines is 1. The lowest BCUT2D eigenvalue weighted by atomic mass is 9.75. The van der Waals surface area contributed by atoms with Gasteiger partial charge in [0.1, 0.15) is 16.9 Å². The highest BCUT2D eigenvalue weighted by Crippen LogP contribution is 2.40. The fourth-order valence-electron chi connectivity index (χ4n) is 4.37. The fourth-order valence-corrected chi connectivity index (χ4v) is 4.37. The zero-order valence-electron chi connectivity index (χ0n) is 15.6. The number of hydrogen-bond donors (Lipinski definition) is 3. The van der Waals surface area contributed by atoms with Crippen LogP contribution in [0.1, 0.15) is 18.5 Å². The Bertz CT molecular complexity index is 981. The number of nitrogens with two attached hydrogens (primary N) is 1. The van der Waals surface area contributed by atoms with E-state index in [1.165, 1.54) is 0 Å². The number of aliphatic hydroxyl groups is 1. The molecule has 3 aromatic rings. The van der Waals surface area contributed by atoms with Crippen LogP contribution in [-0.4, -0.2) is 57.6 Å². The number of aromatic amines is 1. The Morgan fingerprint density at radius 3 is 2.68 bits per heavy atom. The molecule has 1 aromatic carbocycles. The van der Waals surface area contributed by atoms with E-state index in [0.29, 0.717) is 23.5 Å². The Kier molecular flexibility index (Phi) is 4.26. The smallest absolute Gasteiger partial charge is 0.177 e. The quantitative estimate of drug-likeness (QED) is 0.630. The summed E-state index contributed by atoms with van der Waals surface area (Å²) in [6.45, 7) is 2.86. The number of H-pyrrole nitrogens is 1. The molecule has 0 unspecified atom stereocenters. The van der Waals surface area contributed by atoms with Crippen LogP contribution >= 0.6 is 0 Å². The van der Waals surface area contributed by atoms with Gasteiger partial charge >= 0.3 is 0 Å². The zero-order valence-corrected chi connectivity index (χ0v) is 15.6. The fraction of sp³-hybridized carbons (Fsp3) is 0.450. The van der Waals surface area contributed by atoms with Crippen molar-refractivity contribution in [1.82, 2.24) is 20.2 Å². The molecule has 0 amide bonds. The lowest BCUT2D eigenvalue weighted by Gasteiger charge is -2.41. The molecule has 5 rings (SSSR count). The molecule has 1 spiro atoms. The summed E-state index contributed by atoms with van der Waals surface area (Å²) in [7, 11) is 0. The second-order valence-corrected chi connectivity index (χ2v) is 7.76. The van der Waals surface area contributed by atoms with Crippen LogP contribution in [0.25, 0.3) is 22.4 Å². The summed E-state index contributed by atoms with van der Waals surface area (Å²) < 4.78 is 5.61. The molecule has 2 saturated heterocycles. The summed E-state index contributed by atoms with van der Waals surface area (Å²) in [5.74, 6) is 0.723. The number of aliphatic hydroxyl groups excluding tert-OH is 1. The van der Waals surface area contributed by atoms with Crippen LogP contribution in [0.15, 0.2) is 30.3 Å². The standard InChI is InChI=1S/C20H24N6O2/c21-15-11-28-12-20(15)6-8-26(9-7-20)19-14(10-27)22-17-16(24-25-18(17)23-19)13-4-2-1-3-5-13/h1-5,15,27H,6-12,21H2,(H,23,24,25)/t15-/m1/s1. The van der Waals surface area contributed by atoms with E-state index in [1.807, 2.05) is 30.3 Å². The van der Waals surface area contributed by atoms with Gasteiger partial charge in [0.25, 0.3) is 0 Å². The maximum Gasteiger partial charge on any atom is 0.177 e. The van der Waals surface area contributed by atoms with E-state index in [2.05, 4.69) is 15.1 Å². The molecule has 0 saturated carbocycles. The lowest BCUT2D eigenvalue weighted by molar-refractivity contribution is 0.131. The molecule has 28 heavy (non-hydrogen) atoms. The third-order valence-corrected chi connectivity index (χ3v) is 6.17. The number of piperidine rings is 1. The minimum atomic E-state index is -0.165. The van der Waals surface area contributed by atoms with Gasteiger partial charge in [-0.1, -0.05) is 30.3 Å². The van der Waals surface area contributed by atoms with Crippen molar-refractivity contribution in [1.29, 1.82) is 0 Å². The van der Waals surface area contributed by atoms with Crippen molar-refractivity contribution >= 4 is 17.0 Å². The van der Waals surface area contributed by atoms with E-state index < -0.39 is 0 Å². The number of aromatic nitrogens is 4. The molecule has 4 N–H and O–H groups in total. The van der Waals surface area contributed by atoms with Gasteiger partial charge in [0.2, 0.25) is 0 Å². The largest absolute Gasteiger partial charge is 0.390 e. The molecule has 8 nitrogen and oxygen atoms in total. The van der Waals surface area contributed by atoms with Crippen LogP contribution in [-0.2, 0) is 11.3 Å². The van der Waals surface area contributed by atoms with Gasteiger partial charge in [-0.05, 0) is 12.8 Å². The molecular weight excluding hydrogens is 356 g/mol. The van der Waals surface area contributed by atoms with Gasteiger partial charge in [-0.25, -0.2) is 9.97 Å². The van der Waals surface area contributed by atoms with Gasteiger partial charge in [0.05, 0.1) is 19.8 Å². The zero-order chi connectivity index (χ0) is 19.1. The summed E-state index contributed by atoms with van der Waals surface area (Å²) >= 11 is 0. The third kappa shape index (κ3) is 2.76. The highest BCUT2D eigenvalue weighted by Gasteiger charge is 2.44. The van der Waals surface area contributed by atoms with Crippen LogP contribution in [0.2, 0.25) is 0 Å². The average molecular weight is 380 g/mol. The predicted octanol–water partition coefficient (Wildman–Crippen LogP) is 1.46. The predicted molar refractivity (Wildman–Crippen MR) is 106 cm³/mol. The van der Waals surface area contributed by atoms with E-state index in [1.54, 1.807) is 0 Å². The van der Waals surface area contributed by atoms with Crippen molar-refractivity contribution in [3.8, 4) is 11.3 Å². The minimum absolute atomic E-state index is 0.0713. The maximum absolute atomic E-state index is 9.95. The Hall–Kier alpha value is -2.55. The van der Waals surface area contributed by atoms with Gasteiger partial charge in [-0.2, -0.15) is 5.10 Å². The molecule has 0 radical (unpaired) electrons. The normalized spacial score (nSPS) is 21.6. The first-order valence-corrected chi connectivity index (χ1v) is 9.70. The topological polar surface area (TPSA) is 113 Å². The van der Waals surface area contributed by atoms with Crippen LogP contribution < -0.4 is 10.6 Å². The molecule has 2 fully saturated rings. The van der Waals surface area contributed by atoms with Crippen molar-refractivity contribution in [3.05, 3.63) is 36.0 Å². The number of benzene rings is 1. The van der Waals surface area contributed by atoms with Gasteiger partial charge < -0.3 is 20.5 Å². The van der Waals surface area contributed by atoms with E-state index in [4.69, 9.17) is 20.4 Å². The number of fused-ring (bicyclic) bond motifs is 1. The molecule has 4 heterocycles. The monoisotopic (exact) mass is 380 g/mol. The number of nitrogens with one attached hydrogen (secondary N) is 1. The van der Waals surface area contributed by atoms with Gasteiger partial charge in [0.15, 0.2) is 11.5 Å². The van der Waals surface area contributed by atoms with Crippen molar-refractivity contribution < 1.29 is 9.84 Å². The Labute approximate surface area is 162 Å². The van der Waals surface area contributed by atoms with E-state index >= 15 is 0 Å². The summed E-state index contributed by atoms with van der Waals surface area (Å²) in [4.78, 5) is 11.7. The second kappa shape index (κ2) is 6.80. The van der Waals surface area contributed by atoms with Crippen LogP contribution in [0, 0.1) is 5.41 Å². The molecule has 146 valence electrons. The minimum Gasteiger partial charge on any atom is -0.390 e. The molecule has 8 heteroatoms. The summed E-state index contributed by atoms with van der Waals surface area (Å²) in [6, 6.07) is 9.96. The Balaban J connectivity index is 1.47. The Morgan fingerprint density at radius 1 is 1.21 bits per heavy atom. The maximum atomic E-state index is 9.95. The summed E-state index contributed by atoms with van der Waals surface area (Å²) in [5, 5.41) is 17.4. The van der Waals surface area contributed by atoms with Gasteiger partial charge in [-0.3, -0.25) is 5.10 Å². The second-order valence-electron chi connectivity index (χ2n) is 7.76. The SMILES string of the molecule is N[C@@H]1COCC12CCN(c1nc3[nH]nc(-c4ccccc4)c3nc1CO)CC2. The molecular formula is C20H24N6O2. The molecule has 2 aliphatic heterocycles. The summed E-state index contributed by atoms with van der Waals surface area (Å²) in [6.07, 6.45) is 1.91. The van der Waals surface area contributed by atoms with Gasteiger partial charge in [-0.15, -0.1) is 0 Å². The molecule has 1 atom stereocenters. The van der Waals surface area contributed by atoms with Crippen molar-refractivity contribution in [2.75, 3.05) is 31.2 Å². The highest BCUT2D eigenvalue weighted by molar-refractivity contribution is 5.88. The molecule has 2 aliphatic rings. The van der Waals surface area contributed by atoms with Crippen molar-refractivity contribution in [2.45, 2.75) is 25.5 Å². The molecule has 2 aromatic heterocycles. The van der Waals surface area contributed by atoms with Crippen LogP contribution in [0.5, 0.6) is 0 Å². The molecule has 0 bridgehead atoms. The number of rotatable bonds is 3. The highest BCUT2D eigenvalue weighted by atomic mass is 16.5. The molecule has 0 aliphatic carbocycles. The van der Waals surface area contributed by atoms with Crippen molar-refractivity contribution in [3.63, 3.8) is 0 Å². The van der Waals surface area contributed by atoms with Gasteiger partial charge in [0, 0.05) is 30.1 Å². The first-order chi connectivity index (χ1) is 13.7. The first kappa shape index (κ1) is 17.5. The number of ether oxygens (including phenoxy) is 1. The number of nitrogens with zero attached hydrogens (tertiary/aromatic N) is 4.